The first-order valence-electron chi connectivity index (χ1n) is 25.5. The highest BCUT2D eigenvalue weighted by atomic mass is 16.6. The summed E-state index contributed by atoms with van der Waals surface area (Å²) in [6.45, 7) is 7.65. The highest BCUT2D eigenvalue weighted by molar-refractivity contribution is 5.70. The number of allylic oxidation sites excluding steroid dienone is 12. The third kappa shape index (κ3) is 48.0. The van der Waals surface area contributed by atoms with Crippen LogP contribution >= 0.6 is 0 Å². The molecule has 0 saturated heterocycles. The van der Waals surface area contributed by atoms with Gasteiger partial charge >= 0.3 is 11.9 Å². The minimum atomic E-state index is -0.562. The summed E-state index contributed by atoms with van der Waals surface area (Å²) in [7, 11) is 0. The van der Waals surface area contributed by atoms with Crippen molar-refractivity contribution in [1.29, 1.82) is 0 Å². The van der Waals surface area contributed by atoms with Crippen molar-refractivity contribution in [2.75, 3.05) is 19.8 Å². The lowest BCUT2D eigenvalue weighted by Crippen LogP contribution is -2.30. The molecule has 0 aromatic carbocycles. The molecule has 0 radical (unpaired) electrons. The molecular formula is C55H96O5. The van der Waals surface area contributed by atoms with Crippen molar-refractivity contribution in [3.8, 4) is 0 Å². The van der Waals surface area contributed by atoms with Gasteiger partial charge in [-0.1, -0.05) is 216 Å². The molecule has 1 unspecified atom stereocenters. The standard InChI is InChI=1S/C55H96O5/c1-4-7-10-13-16-19-22-25-27-28-30-31-33-36-39-42-45-48-54(56)59-52-53(51-58-50-47-44-41-38-35-24-21-18-15-12-9-6-3)60-55(57)49-46-43-40-37-34-32-29-26-23-20-17-14-11-8-5-2/h7,10,16,19,25-27,29-31,36,39,53H,4-6,8-9,11-15,17-18,20-24,28,32-35,37-38,40-52H2,1-3H3/b10-7-,19-16-,27-25-,29-26-,31-30-,39-36-. The quantitative estimate of drug-likeness (QED) is 0.0347. The van der Waals surface area contributed by atoms with E-state index in [9.17, 15) is 9.59 Å². The van der Waals surface area contributed by atoms with E-state index in [-0.39, 0.29) is 25.2 Å². The van der Waals surface area contributed by atoms with Gasteiger partial charge < -0.3 is 14.2 Å². The normalized spacial score (nSPS) is 12.8. The molecule has 0 heterocycles. The van der Waals surface area contributed by atoms with Gasteiger partial charge in [-0.15, -0.1) is 0 Å². The summed E-state index contributed by atoms with van der Waals surface area (Å²) in [5.41, 5.74) is 0. The summed E-state index contributed by atoms with van der Waals surface area (Å²) in [4.78, 5) is 25.3. The van der Waals surface area contributed by atoms with Crippen LogP contribution in [-0.2, 0) is 23.8 Å². The van der Waals surface area contributed by atoms with Crippen LogP contribution in [-0.4, -0.2) is 37.9 Å². The van der Waals surface area contributed by atoms with Crippen LogP contribution in [0.5, 0.6) is 0 Å². The van der Waals surface area contributed by atoms with Crippen LogP contribution < -0.4 is 0 Å². The fraction of sp³-hybridized carbons (Fsp3) is 0.745. The zero-order valence-corrected chi connectivity index (χ0v) is 39.7. The Kier molecular flexibility index (Phi) is 48.4. The molecule has 0 aliphatic heterocycles. The molecule has 0 aromatic rings. The Hall–Kier alpha value is -2.66. The van der Waals surface area contributed by atoms with Crippen molar-refractivity contribution < 1.29 is 23.8 Å². The highest BCUT2D eigenvalue weighted by Crippen LogP contribution is 2.14. The summed E-state index contributed by atoms with van der Waals surface area (Å²) >= 11 is 0. The lowest BCUT2D eigenvalue weighted by Gasteiger charge is -2.18. The van der Waals surface area contributed by atoms with Gasteiger partial charge in [-0.25, -0.2) is 0 Å². The SMILES string of the molecule is CC/C=C\C/C=C\C/C=C\C/C=C\C/C=C\CCCC(=O)OCC(COCCCCCCCCCCCCCC)OC(=O)CCCCCCC/C=C\CCCCCCCC. The monoisotopic (exact) mass is 837 g/mol. The number of rotatable bonds is 46. The van der Waals surface area contributed by atoms with Crippen molar-refractivity contribution in [3.63, 3.8) is 0 Å². The van der Waals surface area contributed by atoms with E-state index in [4.69, 9.17) is 14.2 Å². The summed E-state index contributed by atoms with van der Waals surface area (Å²) in [5, 5.41) is 0. The lowest BCUT2D eigenvalue weighted by molar-refractivity contribution is -0.163. The molecule has 0 saturated carbocycles. The number of hydrogen-bond donors (Lipinski definition) is 0. The van der Waals surface area contributed by atoms with Crippen molar-refractivity contribution in [3.05, 3.63) is 72.9 Å². The molecule has 0 rings (SSSR count). The maximum Gasteiger partial charge on any atom is 0.306 e. The molecule has 346 valence electrons. The van der Waals surface area contributed by atoms with Crippen LogP contribution in [0, 0.1) is 0 Å². The number of hydrogen-bond acceptors (Lipinski definition) is 5. The van der Waals surface area contributed by atoms with Crippen molar-refractivity contribution in [2.45, 2.75) is 245 Å². The first kappa shape index (κ1) is 57.3. The molecule has 0 aliphatic rings. The summed E-state index contributed by atoms with van der Waals surface area (Å²) in [5.74, 6) is -0.470. The van der Waals surface area contributed by atoms with Gasteiger partial charge in [-0.05, 0) is 83.5 Å². The predicted octanol–water partition coefficient (Wildman–Crippen LogP) is 17.1. The smallest absolute Gasteiger partial charge is 0.306 e. The van der Waals surface area contributed by atoms with E-state index in [0.29, 0.717) is 19.4 Å². The number of carbonyl (C=O) groups excluding carboxylic acids is 2. The van der Waals surface area contributed by atoms with Crippen LogP contribution in [0.15, 0.2) is 72.9 Å². The van der Waals surface area contributed by atoms with Gasteiger partial charge in [0.05, 0.1) is 6.61 Å². The van der Waals surface area contributed by atoms with Gasteiger partial charge in [0.25, 0.3) is 0 Å². The average molecular weight is 837 g/mol. The van der Waals surface area contributed by atoms with E-state index >= 15 is 0 Å². The van der Waals surface area contributed by atoms with Gasteiger partial charge in [0.1, 0.15) is 6.61 Å². The zero-order valence-electron chi connectivity index (χ0n) is 39.7. The Labute approximate surface area is 372 Å². The van der Waals surface area contributed by atoms with Crippen molar-refractivity contribution in [2.24, 2.45) is 0 Å². The van der Waals surface area contributed by atoms with Crippen molar-refractivity contribution in [1.82, 2.24) is 0 Å². The Morgan fingerprint density at radius 2 is 0.767 bits per heavy atom. The van der Waals surface area contributed by atoms with Gasteiger partial charge in [0.2, 0.25) is 0 Å². The van der Waals surface area contributed by atoms with Gasteiger partial charge in [0.15, 0.2) is 6.10 Å². The largest absolute Gasteiger partial charge is 0.462 e. The Balaban J connectivity index is 4.36. The second-order valence-electron chi connectivity index (χ2n) is 16.7. The molecule has 5 heteroatoms. The first-order valence-corrected chi connectivity index (χ1v) is 25.5. The van der Waals surface area contributed by atoms with E-state index < -0.39 is 6.10 Å². The van der Waals surface area contributed by atoms with Crippen LogP contribution in [0.25, 0.3) is 0 Å². The fourth-order valence-electron chi connectivity index (χ4n) is 6.95. The van der Waals surface area contributed by atoms with E-state index in [1.165, 1.54) is 122 Å². The second-order valence-corrected chi connectivity index (χ2v) is 16.7. The van der Waals surface area contributed by atoms with Gasteiger partial charge in [-0.3, -0.25) is 9.59 Å². The Morgan fingerprint density at radius 1 is 0.383 bits per heavy atom. The maximum atomic E-state index is 12.8. The minimum absolute atomic E-state index is 0.0526. The average Bonchev–Trinajstić information content (AvgIpc) is 3.25. The van der Waals surface area contributed by atoms with Gasteiger partial charge in [-0.2, -0.15) is 0 Å². The van der Waals surface area contributed by atoms with Gasteiger partial charge in [0, 0.05) is 19.4 Å². The minimum Gasteiger partial charge on any atom is -0.462 e. The number of unbranched alkanes of at least 4 members (excludes halogenated alkanes) is 23. The Bertz CT molecular complexity index is 1080. The third-order valence-corrected chi connectivity index (χ3v) is 10.7. The molecule has 5 nitrogen and oxygen atoms in total. The fourth-order valence-corrected chi connectivity index (χ4v) is 6.95. The number of esters is 2. The number of carbonyl (C=O) groups is 2. The molecule has 0 bridgehead atoms. The van der Waals surface area contributed by atoms with Crippen LogP contribution in [0.4, 0.5) is 0 Å². The molecule has 1 atom stereocenters. The predicted molar refractivity (Wildman–Crippen MR) is 260 cm³/mol. The van der Waals surface area contributed by atoms with E-state index in [1.807, 2.05) is 0 Å². The van der Waals surface area contributed by atoms with Crippen LogP contribution in [0.3, 0.4) is 0 Å². The first-order chi connectivity index (χ1) is 29.6. The van der Waals surface area contributed by atoms with E-state index in [1.54, 1.807) is 0 Å². The molecule has 60 heavy (non-hydrogen) atoms. The molecule has 0 fully saturated rings. The summed E-state index contributed by atoms with van der Waals surface area (Å²) < 4.78 is 17.3. The zero-order chi connectivity index (χ0) is 43.5. The lowest BCUT2D eigenvalue weighted by atomic mass is 10.1. The van der Waals surface area contributed by atoms with Crippen LogP contribution in [0.2, 0.25) is 0 Å². The topological polar surface area (TPSA) is 61.8 Å². The number of ether oxygens (including phenoxy) is 3. The molecule has 0 aromatic heterocycles. The molecular weight excluding hydrogens is 741 g/mol. The second kappa shape index (κ2) is 50.7. The molecule has 0 N–H and O–H groups in total. The van der Waals surface area contributed by atoms with Crippen LogP contribution in [0.1, 0.15) is 239 Å². The maximum absolute atomic E-state index is 12.8. The molecule has 0 spiro atoms. The molecule has 0 aliphatic carbocycles. The summed E-state index contributed by atoms with van der Waals surface area (Å²) in [6, 6.07) is 0. The van der Waals surface area contributed by atoms with Crippen molar-refractivity contribution >= 4 is 11.9 Å². The third-order valence-electron chi connectivity index (χ3n) is 10.7. The summed E-state index contributed by atoms with van der Waals surface area (Å²) in [6.07, 6.45) is 64.8. The molecule has 0 amide bonds. The Morgan fingerprint density at radius 3 is 1.27 bits per heavy atom. The highest BCUT2D eigenvalue weighted by Gasteiger charge is 2.17. The van der Waals surface area contributed by atoms with E-state index in [0.717, 1.165) is 83.5 Å². The van der Waals surface area contributed by atoms with E-state index in [2.05, 4.69) is 93.7 Å².